The van der Waals surface area contributed by atoms with Crippen molar-refractivity contribution in [2.45, 2.75) is 26.7 Å². The summed E-state index contributed by atoms with van der Waals surface area (Å²) in [5, 5.41) is 1.99. The normalized spacial score (nSPS) is 11.9. The number of esters is 1. The molecular weight excluding hydrogens is 292 g/mol. The van der Waals surface area contributed by atoms with E-state index in [-0.39, 0.29) is 31.0 Å². The molecule has 1 atom stereocenters. The van der Waals surface area contributed by atoms with Crippen molar-refractivity contribution in [1.29, 1.82) is 0 Å². The van der Waals surface area contributed by atoms with Crippen molar-refractivity contribution in [3.05, 3.63) is 48.0 Å². The molecular formula is C19H20O4. The van der Waals surface area contributed by atoms with E-state index in [9.17, 15) is 14.4 Å². The quantitative estimate of drug-likeness (QED) is 0.445. The molecule has 0 aliphatic carbocycles. The third kappa shape index (κ3) is 4.03. The van der Waals surface area contributed by atoms with Crippen LogP contribution in [-0.2, 0) is 14.3 Å². The first-order chi connectivity index (χ1) is 11.1. The first-order valence-corrected chi connectivity index (χ1v) is 7.78. The molecule has 0 amide bonds. The standard InChI is InChI=1S/C19H20O4/c1-3-17(20)16(19(22)23-4-2)12-18(21)15-10-9-13-7-5-6-8-14(13)11-15/h5-11,16H,3-4,12H2,1-2H3/t16-/m0/s1. The summed E-state index contributed by atoms with van der Waals surface area (Å²) < 4.78 is 4.92. The predicted molar refractivity (Wildman–Crippen MR) is 88.3 cm³/mol. The second kappa shape index (κ2) is 7.68. The van der Waals surface area contributed by atoms with E-state index in [1.165, 1.54) is 0 Å². The van der Waals surface area contributed by atoms with Crippen molar-refractivity contribution < 1.29 is 19.1 Å². The van der Waals surface area contributed by atoms with Crippen LogP contribution in [0.15, 0.2) is 42.5 Å². The average Bonchev–Trinajstić information content (AvgIpc) is 2.58. The van der Waals surface area contributed by atoms with Crippen molar-refractivity contribution >= 4 is 28.3 Å². The third-order valence-corrected chi connectivity index (χ3v) is 3.77. The molecule has 2 aromatic carbocycles. The Morgan fingerprint density at radius 3 is 2.35 bits per heavy atom. The lowest BCUT2D eigenvalue weighted by Crippen LogP contribution is -2.28. The van der Waals surface area contributed by atoms with Gasteiger partial charge in [-0.25, -0.2) is 0 Å². The Kier molecular flexibility index (Phi) is 5.63. The predicted octanol–water partition coefficient (Wildman–Crippen LogP) is 3.57. The number of Topliss-reactive ketones (excluding diaryl/α,β-unsaturated/α-hetero) is 2. The zero-order chi connectivity index (χ0) is 16.8. The first kappa shape index (κ1) is 16.9. The van der Waals surface area contributed by atoms with Crippen molar-refractivity contribution in [3.8, 4) is 0 Å². The van der Waals surface area contributed by atoms with Crippen molar-refractivity contribution in [3.63, 3.8) is 0 Å². The Morgan fingerprint density at radius 2 is 1.70 bits per heavy atom. The van der Waals surface area contributed by atoms with Crippen LogP contribution in [-0.4, -0.2) is 24.1 Å². The molecule has 0 aromatic heterocycles. The van der Waals surface area contributed by atoms with E-state index in [0.29, 0.717) is 5.56 Å². The summed E-state index contributed by atoms with van der Waals surface area (Å²) in [6, 6.07) is 13.1. The molecule has 4 nitrogen and oxygen atoms in total. The van der Waals surface area contributed by atoms with Gasteiger partial charge in [0.25, 0.3) is 0 Å². The van der Waals surface area contributed by atoms with E-state index in [1.54, 1.807) is 26.0 Å². The molecule has 0 aliphatic heterocycles. The van der Waals surface area contributed by atoms with Crippen LogP contribution in [0.25, 0.3) is 10.8 Å². The largest absolute Gasteiger partial charge is 0.465 e. The molecule has 0 aliphatic rings. The highest BCUT2D eigenvalue weighted by molar-refractivity contribution is 6.07. The van der Waals surface area contributed by atoms with E-state index in [1.807, 2.05) is 30.3 Å². The van der Waals surface area contributed by atoms with Crippen LogP contribution < -0.4 is 0 Å². The molecule has 4 heteroatoms. The minimum absolute atomic E-state index is 0.149. The van der Waals surface area contributed by atoms with Gasteiger partial charge in [0.05, 0.1) is 6.61 Å². The number of carbonyl (C=O) groups is 3. The molecule has 2 rings (SSSR count). The number of ketones is 2. The smallest absolute Gasteiger partial charge is 0.316 e. The molecule has 0 fully saturated rings. The fourth-order valence-electron chi connectivity index (χ4n) is 2.48. The number of hydrogen-bond acceptors (Lipinski definition) is 4. The lowest BCUT2D eigenvalue weighted by atomic mass is 9.92. The highest BCUT2D eigenvalue weighted by Gasteiger charge is 2.29. The van der Waals surface area contributed by atoms with Crippen LogP contribution >= 0.6 is 0 Å². The Hall–Kier alpha value is -2.49. The van der Waals surface area contributed by atoms with Gasteiger partial charge in [0.15, 0.2) is 5.78 Å². The summed E-state index contributed by atoms with van der Waals surface area (Å²) in [6.07, 6.45) is 0.0539. The number of benzene rings is 2. The van der Waals surface area contributed by atoms with Crippen LogP contribution in [0.5, 0.6) is 0 Å². The Bertz CT molecular complexity index is 733. The second-order valence-corrected chi connectivity index (χ2v) is 5.31. The van der Waals surface area contributed by atoms with E-state index in [0.717, 1.165) is 10.8 Å². The van der Waals surface area contributed by atoms with Crippen LogP contribution in [0.1, 0.15) is 37.0 Å². The van der Waals surface area contributed by atoms with Crippen molar-refractivity contribution in [2.75, 3.05) is 6.61 Å². The lowest BCUT2D eigenvalue weighted by Gasteiger charge is -2.13. The maximum absolute atomic E-state index is 12.5. The molecule has 120 valence electrons. The number of fused-ring (bicyclic) bond motifs is 1. The van der Waals surface area contributed by atoms with Gasteiger partial charge in [-0.1, -0.05) is 43.3 Å². The maximum Gasteiger partial charge on any atom is 0.316 e. The number of rotatable bonds is 7. The van der Waals surface area contributed by atoms with E-state index < -0.39 is 11.9 Å². The van der Waals surface area contributed by atoms with Gasteiger partial charge in [0, 0.05) is 18.4 Å². The third-order valence-electron chi connectivity index (χ3n) is 3.77. The fraction of sp³-hybridized carbons (Fsp3) is 0.316. The highest BCUT2D eigenvalue weighted by atomic mass is 16.5. The van der Waals surface area contributed by atoms with Crippen LogP contribution in [0.3, 0.4) is 0 Å². The average molecular weight is 312 g/mol. The summed E-state index contributed by atoms with van der Waals surface area (Å²) in [6.45, 7) is 3.54. The molecule has 0 saturated carbocycles. The molecule has 0 N–H and O–H groups in total. The molecule has 0 bridgehead atoms. The zero-order valence-corrected chi connectivity index (χ0v) is 13.4. The zero-order valence-electron chi connectivity index (χ0n) is 13.4. The first-order valence-electron chi connectivity index (χ1n) is 7.78. The second-order valence-electron chi connectivity index (χ2n) is 5.31. The minimum atomic E-state index is -1.01. The van der Waals surface area contributed by atoms with Crippen LogP contribution in [0.4, 0.5) is 0 Å². The van der Waals surface area contributed by atoms with Gasteiger partial charge in [-0.05, 0) is 23.8 Å². The van der Waals surface area contributed by atoms with Crippen LogP contribution in [0, 0.1) is 5.92 Å². The van der Waals surface area contributed by atoms with Gasteiger partial charge < -0.3 is 4.74 Å². The molecule has 23 heavy (non-hydrogen) atoms. The number of ether oxygens (including phenoxy) is 1. The lowest BCUT2D eigenvalue weighted by molar-refractivity contribution is -0.151. The number of hydrogen-bond donors (Lipinski definition) is 0. The summed E-state index contributed by atoms with van der Waals surface area (Å²) in [5.41, 5.74) is 0.502. The molecule has 0 spiro atoms. The Morgan fingerprint density at radius 1 is 1.00 bits per heavy atom. The van der Waals surface area contributed by atoms with Gasteiger partial charge in [0.2, 0.25) is 0 Å². The van der Waals surface area contributed by atoms with E-state index in [2.05, 4.69) is 0 Å². The fourth-order valence-corrected chi connectivity index (χ4v) is 2.48. The summed E-state index contributed by atoms with van der Waals surface area (Å²) in [4.78, 5) is 36.3. The van der Waals surface area contributed by atoms with Crippen molar-refractivity contribution in [1.82, 2.24) is 0 Å². The van der Waals surface area contributed by atoms with E-state index >= 15 is 0 Å². The molecule has 0 radical (unpaired) electrons. The monoisotopic (exact) mass is 312 g/mol. The molecule has 0 unspecified atom stereocenters. The van der Waals surface area contributed by atoms with Gasteiger partial charge >= 0.3 is 5.97 Å². The van der Waals surface area contributed by atoms with Gasteiger partial charge in [0.1, 0.15) is 11.7 Å². The van der Waals surface area contributed by atoms with Gasteiger partial charge in [-0.3, -0.25) is 14.4 Å². The van der Waals surface area contributed by atoms with E-state index in [4.69, 9.17) is 4.74 Å². The Balaban J connectivity index is 2.22. The summed E-state index contributed by atoms with van der Waals surface area (Å²) in [5.74, 6) is -2.12. The maximum atomic E-state index is 12.5. The van der Waals surface area contributed by atoms with Gasteiger partial charge in [-0.15, -0.1) is 0 Å². The minimum Gasteiger partial charge on any atom is -0.465 e. The highest BCUT2D eigenvalue weighted by Crippen LogP contribution is 2.19. The SMILES string of the molecule is CCOC(=O)[C@@H](CC(=O)c1ccc2ccccc2c1)C(=O)CC. The molecule has 0 saturated heterocycles. The molecule has 2 aromatic rings. The van der Waals surface area contributed by atoms with Gasteiger partial charge in [-0.2, -0.15) is 0 Å². The number of carbonyl (C=O) groups excluding carboxylic acids is 3. The van der Waals surface area contributed by atoms with Crippen LogP contribution in [0.2, 0.25) is 0 Å². The Labute approximate surface area is 135 Å². The topological polar surface area (TPSA) is 60.4 Å². The summed E-state index contributed by atoms with van der Waals surface area (Å²) in [7, 11) is 0. The van der Waals surface area contributed by atoms with Crippen molar-refractivity contribution in [2.24, 2.45) is 5.92 Å². The summed E-state index contributed by atoms with van der Waals surface area (Å²) >= 11 is 0. The molecule has 0 heterocycles.